The van der Waals surface area contributed by atoms with E-state index in [9.17, 15) is 9.50 Å². The largest absolute Gasteiger partial charge is 0.508 e. The number of nitrogens with one attached hydrogen (secondary N) is 1. The Morgan fingerprint density at radius 2 is 2.09 bits per heavy atom. The van der Waals surface area contributed by atoms with Gasteiger partial charge in [-0.1, -0.05) is 6.07 Å². The minimum Gasteiger partial charge on any atom is -0.508 e. The molecule has 23 heavy (non-hydrogen) atoms. The highest BCUT2D eigenvalue weighted by atomic mass is 19.1. The van der Waals surface area contributed by atoms with Crippen LogP contribution in [0, 0.1) is 12.7 Å². The fourth-order valence-electron chi connectivity index (χ4n) is 3.17. The van der Waals surface area contributed by atoms with Crippen LogP contribution in [0.4, 0.5) is 8.78 Å². The van der Waals surface area contributed by atoms with E-state index >= 15 is 4.39 Å². The van der Waals surface area contributed by atoms with Gasteiger partial charge < -0.3 is 15.2 Å². The van der Waals surface area contributed by atoms with E-state index in [0.29, 0.717) is 16.9 Å². The van der Waals surface area contributed by atoms with Crippen LogP contribution in [0.5, 0.6) is 11.5 Å². The maximum absolute atomic E-state index is 15.4. The second-order valence-electron chi connectivity index (χ2n) is 6.03. The Morgan fingerprint density at radius 1 is 1.30 bits per heavy atom. The highest BCUT2D eigenvalue weighted by Crippen LogP contribution is 2.45. The average molecular weight is 319 g/mol. The summed E-state index contributed by atoms with van der Waals surface area (Å²) in [5, 5.41) is 12.3. The molecule has 0 saturated carbocycles. The minimum atomic E-state index is -1.66. The van der Waals surface area contributed by atoms with Gasteiger partial charge in [0.25, 0.3) is 0 Å². The van der Waals surface area contributed by atoms with E-state index in [4.69, 9.17) is 4.74 Å². The fourth-order valence-corrected chi connectivity index (χ4v) is 3.17. The van der Waals surface area contributed by atoms with E-state index in [-0.39, 0.29) is 18.7 Å². The molecule has 2 aromatic carbocycles. The molecule has 0 saturated heterocycles. The second-order valence-corrected chi connectivity index (χ2v) is 6.03. The van der Waals surface area contributed by atoms with Crippen molar-refractivity contribution in [3.05, 3.63) is 58.9 Å². The molecule has 0 aliphatic heterocycles. The third-order valence-corrected chi connectivity index (χ3v) is 4.22. The lowest BCUT2D eigenvalue weighted by molar-refractivity contribution is 0.0227. The highest BCUT2D eigenvalue weighted by molar-refractivity contribution is 5.43. The zero-order valence-electron chi connectivity index (χ0n) is 13.1. The lowest BCUT2D eigenvalue weighted by atomic mass is 9.99. The van der Waals surface area contributed by atoms with E-state index in [0.717, 1.165) is 5.56 Å². The fraction of sp³-hybridized carbons (Fsp3) is 0.333. The molecule has 0 radical (unpaired) electrons. The Kier molecular flexibility index (Phi) is 3.98. The molecule has 1 aliphatic carbocycles. The number of aromatic hydroxyl groups is 1. The first-order valence-electron chi connectivity index (χ1n) is 7.51. The predicted octanol–water partition coefficient (Wildman–Crippen LogP) is 3.44. The second kappa shape index (κ2) is 5.81. The molecule has 0 aromatic heterocycles. The normalized spacial score (nSPS) is 22.9. The molecule has 2 N–H and O–H groups in total. The van der Waals surface area contributed by atoms with Crippen LogP contribution in [0.2, 0.25) is 0 Å². The number of phenols is 1. The molecule has 0 fully saturated rings. The number of rotatable bonds is 4. The third kappa shape index (κ3) is 2.88. The van der Waals surface area contributed by atoms with Gasteiger partial charge in [0.15, 0.2) is 11.8 Å². The Labute approximate surface area is 133 Å². The molecule has 0 amide bonds. The van der Waals surface area contributed by atoms with Gasteiger partial charge in [0, 0.05) is 18.5 Å². The molecular formula is C18H19F2NO2. The summed E-state index contributed by atoms with van der Waals surface area (Å²) in [4.78, 5) is 0. The van der Waals surface area contributed by atoms with Crippen LogP contribution in [-0.2, 0) is 6.42 Å². The van der Waals surface area contributed by atoms with Gasteiger partial charge in [-0.15, -0.1) is 0 Å². The molecular weight excluding hydrogens is 300 g/mol. The molecule has 0 heterocycles. The highest BCUT2D eigenvalue weighted by Gasteiger charge is 2.48. The number of fused-ring (bicyclic) bond motifs is 1. The van der Waals surface area contributed by atoms with Crippen LogP contribution >= 0.6 is 0 Å². The number of hydrogen-bond donors (Lipinski definition) is 2. The van der Waals surface area contributed by atoms with Crippen LogP contribution in [0.3, 0.4) is 0 Å². The van der Waals surface area contributed by atoms with Gasteiger partial charge in [-0.3, -0.25) is 0 Å². The summed E-state index contributed by atoms with van der Waals surface area (Å²) in [5.74, 6) is 0.186. The van der Waals surface area contributed by atoms with Gasteiger partial charge in [0.05, 0.1) is 0 Å². The van der Waals surface area contributed by atoms with Crippen molar-refractivity contribution >= 4 is 0 Å². The molecule has 0 spiro atoms. The molecule has 1 aliphatic rings. The number of aryl methyl sites for hydroxylation is 1. The van der Waals surface area contributed by atoms with E-state index in [1.54, 1.807) is 32.2 Å². The number of benzene rings is 2. The minimum absolute atomic E-state index is 0.102. The van der Waals surface area contributed by atoms with Crippen molar-refractivity contribution in [2.75, 3.05) is 13.6 Å². The monoisotopic (exact) mass is 319 g/mol. The molecule has 3 rings (SSSR count). The summed E-state index contributed by atoms with van der Waals surface area (Å²) in [6, 6.07) is 8.93. The van der Waals surface area contributed by atoms with Crippen LogP contribution < -0.4 is 10.1 Å². The number of hydrogen-bond acceptors (Lipinski definition) is 3. The lowest BCUT2D eigenvalue weighted by Crippen LogP contribution is -2.41. The summed E-state index contributed by atoms with van der Waals surface area (Å²) >= 11 is 0. The van der Waals surface area contributed by atoms with Gasteiger partial charge >= 0.3 is 0 Å². The Morgan fingerprint density at radius 3 is 2.78 bits per heavy atom. The summed E-state index contributed by atoms with van der Waals surface area (Å²) in [7, 11) is 1.67. The van der Waals surface area contributed by atoms with Crippen LogP contribution in [0.1, 0.15) is 22.8 Å². The first-order valence-corrected chi connectivity index (χ1v) is 7.51. The smallest absolute Gasteiger partial charge is 0.168 e. The lowest BCUT2D eigenvalue weighted by Gasteiger charge is -2.29. The molecule has 2 atom stereocenters. The predicted molar refractivity (Wildman–Crippen MR) is 84.1 cm³/mol. The quantitative estimate of drug-likeness (QED) is 0.907. The van der Waals surface area contributed by atoms with E-state index in [2.05, 4.69) is 5.32 Å². The van der Waals surface area contributed by atoms with Crippen molar-refractivity contribution in [1.29, 1.82) is 0 Å². The van der Waals surface area contributed by atoms with Crippen molar-refractivity contribution in [3.8, 4) is 11.5 Å². The van der Waals surface area contributed by atoms with Crippen molar-refractivity contribution in [3.63, 3.8) is 0 Å². The number of ether oxygens (including phenoxy) is 1. The third-order valence-electron chi connectivity index (χ3n) is 4.22. The van der Waals surface area contributed by atoms with Gasteiger partial charge in [-0.05, 0) is 55.4 Å². The summed E-state index contributed by atoms with van der Waals surface area (Å²) < 4.78 is 35.0. The summed E-state index contributed by atoms with van der Waals surface area (Å²) in [6.45, 7) is 1.87. The number of halogens is 2. The molecule has 2 unspecified atom stereocenters. The molecule has 5 heteroatoms. The van der Waals surface area contributed by atoms with Crippen LogP contribution in [-0.4, -0.2) is 24.4 Å². The first-order chi connectivity index (χ1) is 10.9. The standard InChI is InChI=1S/C18H19F2NO2/c1-11-7-14(22)5-6-16(11)23-17-15-8-13(19)4-3-12(15)9-18(17,20)10-21-2/h3-8,17,21-22H,9-10H2,1-2H3. The van der Waals surface area contributed by atoms with Gasteiger partial charge in [0.2, 0.25) is 0 Å². The van der Waals surface area contributed by atoms with E-state index in [1.165, 1.54) is 18.2 Å². The van der Waals surface area contributed by atoms with E-state index < -0.39 is 17.6 Å². The summed E-state index contributed by atoms with van der Waals surface area (Å²) in [5.41, 5.74) is 0.331. The Hall–Kier alpha value is -2.14. The maximum Gasteiger partial charge on any atom is 0.168 e. The van der Waals surface area contributed by atoms with Crippen molar-refractivity contribution in [1.82, 2.24) is 5.32 Å². The van der Waals surface area contributed by atoms with Crippen LogP contribution in [0.25, 0.3) is 0 Å². The Balaban J connectivity index is 2.01. The average Bonchev–Trinajstić information content (AvgIpc) is 2.74. The zero-order chi connectivity index (χ0) is 16.6. The Bertz CT molecular complexity index is 735. The molecule has 3 nitrogen and oxygen atoms in total. The molecule has 122 valence electrons. The zero-order valence-corrected chi connectivity index (χ0v) is 13.1. The van der Waals surface area contributed by atoms with Crippen LogP contribution in [0.15, 0.2) is 36.4 Å². The van der Waals surface area contributed by atoms with Gasteiger partial charge in [0.1, 0.15) is 17.3 Å². The topological polar surface area (TPSA) is 41.5 Å². The molecule has 2 aromatic rings. The number of alkyl halides is 1. The molecule has 0 bridgehead atoms. The van der Waals surface area contributed by atoms with Gasteiger partial charge in [-0.2, -0.15) is 0 Å². The van der Waals surface area contributed by atoms with Gasteiger partial charge in [-0.25, -0.2) is 8.78 Å². The maximum atomic E-state index is 15.4. The SMILES string of the molecule is CNCC1(F)Cc2ccc(F)cc2C1Oc1ccc(O)cc1C. The number of phenolic OH excluding ortho intramolecular Hbond substituents is 1. The summed E-state index contributed by atoms with van der Waals surface area (Å²) in [6.07, 6.45) is -0.727. The van der Waals surface area contributed by atoms with Crippen molar-refractivity contribution < 1.29 is 18.6 Å². The first kappa shape index (κ1) is 15.7. The van der Waals surface area contributed by atoms with Crippen molar-refractivity contribution in [2.45, 2.75) is 25.1 Å². The van der Waals surface area contributed by atoms with E-state index in [1.807, 2.05) is 0 Å². The van der Waals surface area contributed by atoms with Crippen molar-refractivity contribution in [2.24, 2.45) is 0 Å².